The number of hydrogen-bond acceptors (Lipinski definition) is 3. The molecule has 4 heteroatoms. The summed E-state index contributed by atoms with van der Waals surface area (Å²) >= 11 is 3.59. The molecular weight excluding hydrogens is 368 g/mol. The molecule has 0 N–H and O–H groups in total. The normalized spacial score (nSPS) is 27.1. The lowest BCUT2D eigenvalue weighted by molar-refractivity contribution is -0.169. The summed E-state index contributed by atoms with van der Waals surface area (Å²) < 4.78 is 18.1. The zero-order valence-corrected chi connectivity index (χ0v) is 15.4. The number of hydrogen-bond donors (Lipinski definition) is 0. The highest BCUT2D eigenvalue weighted by molar-refractivity contribution is 9.09. The van der Waals surface area contributed by atoms with Gasteiger partial charge in [0.15, 0.2) is 0 Å². The highest BCUT2D eigenvalue weighted by atomic mass is 79.9. The van der Waals surface area contributed by atoms with E-state index in [1.165, 1.54) is 5.56 Å². The van der Waals surface area contributed by atoms with Crippen LogP contribution in [0.3, 0.4) is 0 Å². The molecule has 24 heavy (non-hydrogen) atoms. The Labute approximate surface area is 152 Å². The molecule has 0 amide bonds. The van der Waals surface area contributed by atoms with Crippen LogP contribution in [0.5, 0.6) is 0 Å². The molecule has 1 unspecified atom stereocenters. The van der Waals surface area contributed by atoms with Crippen molar-refractivity contribution in [3.63, 3.8) is 0 Å². The van der Waals surface area contributed by atoms with Gasteiger partial charge in [0.2, 0.25) is 0 Å². The first kappa shape index (κ1) is 17.6. The number of rotatable bonds is 6. The smallest absolute Gasteiger partial charge is 0.139 e. The van der Waals surface area contributed by atoms with E-state index < -0.39 is 0 Å². The number of benzene rings is 2. The molecule has 2 aromatic carbocycles. The minimum Gasteiger partial charge on any atom is -0.371 e. The van der Waals surface area contributed by atoms with Crippen LogP contribution in [0, 0.1) is 0 Å². The van der Waals surface area contributed by atoms with Gasteiger partial charge in [0.25, 0.3) is 0 Å². The van der Waals surface area contributed by atoms with Crippen LogP contribution < -0.4 is 0 Å². The number of alkyl halides is 1. The first-order valence-corrected chi connectivity index (χ1v) is 9.24. The minimum atomic E-state index is -0.104. The van der Waals surface area contributed by atoms with Gasteiger partial charge in [-0.25, -0.2) is 0 Å². The highest BCUT2D eigenvalue weighted by Gasteiger charge is 2.35. The molecule has 3 nitrogen and oxygen atoms in total. The molecule has 2 aromatic rings. The van der Waals surface area contributed by atoms with Gasteiger partial charge in [0, 0.05) is 6.42 Å². The largest absolute Gasteiger partial charge is 0.371 e. The second-order valence-corrected chi connectivity index (χ2v) is 7.00. The Morgan fingerprint density at radius 1 is 0.875 bits per heavy atom. The Balaban J connectivity index is 1.53. The Hall–Kier alpha value is -1.20. The van der Waals surface area contributed by atoms with Crippen LogP contribution in [0.1, 0.15) is 24.5 Å². The van der Waals surface area contributed by atoms with E-state index in [0.717, 1.165) is 12.0 Å². The highest BCUT2D eigenvalue weighted by Crippen LogP contribution is 2.29. The molecule has 1 heterocycles. The van der Waals surface area contributed by atoms with Crippen molar-refractivity contribution in [1.29, 1.82) is 0 Å². The summed E-state index contributed by atoms with van der Waals surface area (Å²) in [6, 6.07) is 20.4. The van der Waals surface area contributed by atoms with E-state index in [-0.39, 0.29) is 23.3 Å². The summed E-state index contributed by atoms with van der Waals surface area (Å²) in [4.78, 5) is 0. The lowest BCUT2D eigenvalue weighted by atomic mass is 10.0. The van der Waals surface area contributed by atoms with Gasteiger partial charge in [-0.1, -0.05) is 76.6 Å². The Morgan fingerprint density at radius 3 is 1.92 bits per heavy atom. The minimum absolute atomic E-state index is 0.0258. The first-order valence-electron chi connectivity index (χ1n) is 8.33. The molecule has 1 fully saturated rings. The summed E-state index contributed by atoms with van der Waals surface area (Å²) in [6.07, 6.45) is 0.855. The van der Waals surface area contributed by atoms with Crippen LogP contribution in [0.4, 0.5) is 0 Å². The van der Waals surface area contributed by atoms with E-state index in [1.807, 2.05) is 36.4 Å². The SMILES string of the molecule is C[C@@H]1OC(Br)[C@@H](OCc2ccccc2)C[C@H]1OCc1ccccc1. The second kappa shape index (κ2) is 8.77. The monoisotopic (exact) mass is 390 g/mol. The zero-order valence-electron chi connectivity index (χ0n) is 13.8. The Bertz CT molecular complexity index is 551. The second-order valence-electron chi connectivity index (χ2n) is 6.10. The molecule has 1 aliphatic heterocycles. The quantitative estimate of drug-likeness (QED) is 0.669. The van der Waals surface area contributed by atoms with Gasteiger partial charge in [-0.15, -0.1) is 0 Å². The standard InChI is InChI=1S/C20H23BrO3/c1-15-18(22-13-16-8-4-2-5-9-16)12-19(20(21)24-15)23-14-17-10-6-3-7-11-17/h2-11,15,18-20H,12-14H2,1H3/t15-,18+,19-,20?/m0/s1. The van der Waals surface area contributed by atoms with Crippen molar-refractivity contribution in [3.05, 3.63) is 71.8 Å². The van der Waals surface area contributed by atoms with E-state index in [4.69, 9.17) is 14.2 Å². The van der Waals surface area contributed by atoms with Crippen molar-refractivity contribution in [3.8, 4) is 0 Å². The molecule has 0 bridgehead atoms. The van der Waals surface area contributed by atoms with E-state index in [2.05, 4.69) is 47.1 Å². The first-order chi connectivity index (χ1) is 11.7. The van der Waals surface area contributed by atoms with E-state index >= 15 is 0 Å². The van der Waals surface area contributed by atoms with Crippen molar-refractivity contribution in [2.24, 2.45) is 0 Å². The topological polar surface area (TPSA) is 27.7 Å². The third kappa shape index (κ3) is 4.90. The van der Waals surface area contributed by atoms with E-state index in [1.54, 1.807) is 0 Å². The molecule has 1 aliphatic rings. The van der Waals surface area contributed by atoms with Gasteiger partial charge in [-0.3, -0.25) is 0 Å². The molecular formula is C20H23BrO3. The third-order valence-corrected chi connectivity index (χ3v) is 5.04. The molecule has 0 aromatic heterocycles. The average Bonchev–Trinajstić information content (AvgIpc) is 2.62. The zero-order chi connectivity index (χ0) is 16.8. The van der Waals surface area contributed by atoms with E-state index in [0.29, 0.717) is 13.2 Å². The lowest BCUT2D eigenvalue weighted by Crippen LogP contribution is -2.45. The third-order valence-electron chi connectivity index (χ3n) is 4.24. The average molecular weight is 391 g/mol. The Kier molecular flexibility index (Phi) is 6.44. The summed E-state index contributed by atoms with van der Waals surface area (Å²) in [7, 11) is 0. The van der Waals surface area contributed by atoms with Crippen LogP contribution >= 0.6 is 15.9 Å². The van der Waals surface area contributed by atoms with Gasteiger partial charge in [-0.2, -0.15) is 0 Å². The number of ether oxygens (including phenoxy) is 3. The molecule has 0 spiro atoms. The van der Waals surface area contributed by atoms with Crippen LogP contribution in [-0.4, -0.2) is 23.3 Å². The maximum atomic E-state index is 6.09. The van der Waals surface area contributed by atoms with Crippen molar-refractivity contribution in [2.75, 3.05) is 0 Å². The van der Waals surface area contributed by atoms with Crippen molar-refractivity contribution < 1.29 is 14.2 Å². The number of halogens is 1. The molecule has 0 saturated carbocycles. The van der Waals surface area contributed by atoms with Gasteiger partial charge in [0.1, 0.15) is 5.01 Å². The van der Waals surface area contributed by atoms with Crippen LogP contribution in [-0.2, 0) is 27.4 Å². The summed E-state index contributed by atoms with van der Waals surface area (Å²) in [5.41, 5.74) is 2.34. The Morgan fingerprint density at radius 2 is 1.38 bits per heavy atom. The molecule has 0 aliphatic carbocycles. The summed E-state index contributed by atoms with van der Waals surface area (Å²) in [6.45, 7) is 3.23. The van der Waals surface area contributed by atoms with Crippen molar-refractivity contribution in [1.82, 2.24) is 0 Å². The van der Waals surface area contributed by atoms with Crippen molar-refractivity contribution >= 4 is 15.9 Å². The molecule has 0 radical (unpaired) electrons. The van der Waals surface area contributed by atoms with Crippen LogP contribution in [0.2, 0.25) is 0 Å². The van der Waals surface area contributed by atoms with Crippen LogP contribution in [0.15, 0.2) is 60.7 Å². The van der Waals surface area contributed by atoms with Crippen molar-refractivity contribution in [2.45, 2.75) is 49.9 Å². The fourth-order valence-electron chi connectivity index (χ4n) is 2.81. The molecule has 1 saturated heterocycles. The van der Waals surface area contributed by atoms with Gasteiger partial charge < -0.3 is 14.2 Å². The predicted molar refractivity (Wildman–Crippen MR) is 97.9 cm³/mol. The van der Waals surface area contributed by atoms with Gasteiger partial charge in [-0.05, 0) is 18.1 Å². The van der Waals surface area contributed by atoms with E-state index in [9.17, 15) is 0 Å². The fraction of sp³-hybridized carbons (Fsp3) is 0.400. The lowest BCUT2D eigenvalue weighted by Gasteiger charge is -2.37. The maximum absolute atomic E-state index is 6.09. The van der Waals surface area contributed by atoms with Gasteiger partial charge >= 0.3 is 0 Å². The summed E-state index contributed by atoms with van der Waals surface area (Å²) in [5, 5.41) is -0.104. The van der Waals surface area contributed by atoms with Gasteiger partial charge in [0.05, 0.1) is 31.5 Å². The van der Waals surface area contributed by atoms with Crippen LogP contribution in [0.25, 0.3) is 0 Å². The molecule has 3 rings (SSSR count). The molecule has 128 valence electrons. The predicted octanol–water partition coefficient (Wildman–Crippen LogP) is 4.69. The molecule has 4 atom stereocenters. The maximum Gasteiger partial charge on any atom is 0.139 e. The summed E-state index contributed by atoms with van der Waals surface area (Å²) in [5.74, 6) is 0. The fourth-order valence-corrected chi connectivity index (χ4v) is 3.52.